The molecule has 0 radical (unpaired) electrons. The van der Waals surface area contributed by atoms with E-state index in [2.05, 4.69) is 37.0 Å². The number of anilines is 2. The molecule has 6 aliphatic rings. The van der Waals surface area contributed by atoms with Crippen LogP contribution in [0.5, 0.6) is 0 Å². The summed E-state index contributed by atoms with van der Waals surface area (Å²) in [5.74, 6) is -1.88. The number of benzene rings is 3. The van der Waals surface area contributed by atoms with Crippen LogP contribution in [0, 0.1) is 12.0 Å². The Balaban J connectivity index is 0.767. The maximum atomic E-state index is 13.6. The predicted molar refractivity (Wildman–Crippen MR) is 211 cm³/mol. The normalized spacial score (nSPS) is 22.7. The average molecular weight is 774 g/mol. The van der Waals surface area contributed by atoms with Crippen LogP contribution in [0.2, 0.25) is 5.02 Å². The predicted octanol–water partition coefficient (Wildman–Crippen LogP) is 5.45. The summed E-state index contributed by atoms with van der Waals surface area (Å²) in [5, 5.41) is 2.77. The molecule has 1 spiro atoms. The molecule has 0 saturated carbocycles. The second kappa shape index (κ2) is 14.4. The van der Waals surface area contributed by atoms with E-state index in [4.69, 9.17) is 18.2 Å². The molecule has 288 valence electrons. The molecule has 9 rings (SSSR count). The summed E-state index contributed by atoms with van der Waals surface area (Å²) in [5.41, 5.74) is 6.44. The van der Waals surface area contributed by atoms with Gasteiger partial charge in [-0.25, -0.2) is 4.85 Å². The first kappa shape index (κ1) is 36.4. The van der Waals surface area contributed by atoms with E-state index in [1.165, 1.54) is 0 Å². The molecule has 56 heavy (non-hydrogen) atoms. The van der Waals surface area contributed by atoms with Gasteiger partial charge < -0.3 is 14.7 Å². The maximum absolute atomic E-state index is 13.6. The van der Waals surface area contributed by atoms with Crippen molar-refractivity contribution in [1.82, 2.24) is 20.0 Å². The molecule has 3 aromatic carbocycles. The Bertz CT molecular complexity index is 2180. The van der Waals surface area contributed by atoms with Gasteiger partial charge in [-0.1, -0.05) is 17.7 Å². The van der Waals surface area contributed by atoms with Gasteiger partial charge in [0, 0.05) is 86.8 Å². The monoisotopic (exact) mass is 773 g/mol. The molecular formula is C43H44ClN7O5. The third-order valence-corrected chi connectivity index (χ3v) is 13.5. The minimum absolute atomic E-state index is 0.0616. The van der Waals surface area contributed by atoms with Crippen molar-refractivity contribution >= 4 is 58.2 Å². The van der Waals surface area contributed by atoms with Crippen LogP contribution in [0.15, 0.2) is 54.6 Å². The smallest absolute Gasteiger partial charge is 0.262 e. The van der Waals surface area contributed by atoms with Crippen molar-refractivity contribution in [3.63, 3.8) is 0 Å². The molecule has 12 nitrogen and oxygen atoms in total. The molecule has 6 aliphatic heterocycles. The first-order valence-corrected chi connectivity index (χ1v) is 20.2. The van der Waals surface area contributed by atoms with Gasteiger partial charge in [0.25, 0.3) is 17.7 Å². The Hall–Kier alpha value is -5.25. The Kier molecular flexibility index (Phi) is 9.33. The van der Waals surface area contributed by atoms with Crippen LogP contribution in [0.25, 0.3) is 4.85 Å². The summed E-state index contributed by atoms with van der Waals surface area (Å²) < 4.78 is 0. The lowest BCUT2D eigenvalue weighted by Crippen LogP contribution is -2.54. The number of imide groups is 2. The summed E-state index contributed by atoms with van der Waals surface area (Å²) in [6, 6.07) is 16.8. The summed E-state index contributed by atoms with van der Waals surface area (Å²) in [6.45, 7) is 14.1. The van der Waals surface area contributed by atoms with Crippen molar-refractivity contribution in [3.05, 3.63) is 98.9 Å². The fraction of sp³-hybridized carbons (Fsp3) is 0.442. The zero-order valence-electron chi connectivity index (χ0n) is 31.3. The molecule has 0 aromatic heterocycles. The van der Waals surface area contributed by atoms with E-state index in [1.54, 1.807) is 0 Å². The molecule has 4 saturated heterocycles. The maximum Gasteiger partial charge on any atom is 0.262 e. The van der Waals surface area contributed by atoms with E-state index in [1.807, 2.05) is 47.4 Å². The van der Waals surface area contributed by atoms with Crippen LogP contribution in [0.4, 0.5) is 17.1 Å². The third kappa shape index (κ3) is 6.50. The van der Waals surface area contributed by atoms with E-state index in [0.29, 0.717) is 53.1 Å². The second-order valence-corrected chi connectivity index (χ2v) is 16.7. The van der Waals surface area contributed by atoms with Gasteiger partial charge in [0.05, 0.1) is 17.7 Å². The van der Waals surface area contributed by atoms with Gasteiger partial charge in [-0.05, 0) is 110 Å². The number of halogens is 1. The van der Waals surface area contributed by atoms with Crippen molar-refractivity contribution in [2.24, 2.45) is 5.41 Å². The molecular weight excluding hydrogens is 730 g/mol. The van der Waals surface area contributed by atoms with Gasteiger partial charge in [0.1, 0.15) is 6.04 Å². The van der Waals surface area contributed by atoms with Gasteiger partial charge in [0.2, 0.25) is 17.5 Å². The minimum Gasteiger partial charge on any atom is -0.371 e. The largest absolute Gasteiger partial charge is 0.371 e. The number of hydrogen-bond acceptors (Lipinski definition) is 8. The molecule has 0 aliphatic carbocycles. The Morgan fingerprint density at radius 2 is 1.43 bits per heavy atom. The highest BCUT2D eigenvalue weighted by molar-refractivity contribution is 6.33. The van der Waals surface area contributed by atoms with Gasteiger partial charge in [-0.15, -0.1) is 0 Å². The number of amides is 5. The lowest BCUT2D eigenvalue weighted by molar-refractivity contribution is -0.136. The van der Waals surface area contributed by atoms with Gasteiger partial charge >= 0.3 is 0 Å². The fourth-order valence-electron chi connectivity index (χ4n) is 9.88. The number of likely N-dealkylation sites (tertiary alicyclic amines) is 1. The molecule has 3 aromatic rings. The number of nitrogens with one attached hydrogen (secondary N) is 1. The van der Waals surface area contributed by atoms with E-state index < -0.39 is 29.7 Å². The summed E-state index contributed by atoms with van der Waals surface area (Å²) >= 11 is 6.34. The van der Waals surface area contributed by atoms with Gasteiger partial charge in [-0.2, -0.15) is 0 Å². The number of nitrogens with zero attached hydrogens (tertiary/aromatic N) is 6. The second-order valence-electron chi connectivity index (χ2n) is 16.3. The highest BCUT2D eigenvalue weighted by Gasteiger charge is 2.46. The molecule has 1 unspecified atom stereocenters. The van der Waals surface area contributed by atoms with Crippen molar-refractivity contribution in [2.45, 2.75) is 70.0 Å². The number of carbonyl (C=O) groups is 5. The van der Waals surface area contributed by atoms with Crippen LogP contribution in [0.3, 0.4) is 0 Å². The molecule has 1 N–H and O–H groups in total. The molecule has 5 amide bonds. The first-order valence-electron chi connectivity index (χ1n) is 19.8. The van der Waals surface area contributed by atoms with E-state index in [9.17, 15) is 24.0 Å². The fourth-order valence-corrected chi connectivity index (χ4v) is 10.1. The van der Waals surface area contributed by atoms with Crippen LogP contribution in [0.1, 0.15) is 87.1 Å². The SMILES string of the molecule is [C-]#[N+]c1ccc(N2CCC3(CCN(c4ccc(C(=O)N5CCC(N6CCc7cc8c(cc7C6)C(=O)N(C6CCC(=O)NC6=O)C8=O)CC5)cc4)CC3)C2)cc1Cl. The number of hydrogen-bond donors (Lipinski definition) is 1. The molecule has 4 fully saturated rings. The average Bonchev–Trinajstić information content (AvgIpc) is 3.74. The van der Waals surface area contributed by atoms with Gasteiger partial charge in [-0.3, -0.25) is 39.1 Å². The summed E-state index contributed by atoms with van der Waals surface area (Å²) in [4.78, 5) is 78.3. The van der Waals surface area contributed by atoms with Crippen LogP contribution >= 0.6 is 11.6 Å². The van der Waals surface area contributed by atoms with Crippen molar-refractivity contribution in [3.8, 4) is 0 Å². The number of fused-ring (bicyclic) bond motifs is 2. The number of piperidine rings is 3. The van der Waals surface area contributed by atoms with E-state index >= 15 is 0 Å². The molecule has 1 atom stereocenters. The zero-order chi connectivity index (χ0) is 38.7. The Morgan fingerprint density at radius 3 is 2.09 bits per heavy atom. The van der Waals surface area contributed by atoms with Crippen molar-refractivity contribution < 1.29 is 24.0 Å². The van der Waals surface area contributed by atoms with Gasteiger partial charge in [0.15, 0.2) is 0 Å². The highest BCUT2D eigenvalue weighted by atomic mass is 35.5. The first-order chi connectivity index (χ1) is 27.1. The van der Waals surface area contributed by atoms with E-state index in [0.717, 1.165) is 98.7 Å². The van der Waals surface area contributed by atoms with Crippen LogP contribution in [-0.2, 0) is 22.6 Å². The minimum atomic E-state index is -0.976. The summed E-state index contributed by atoms with van der Waals surface area (Å²) in [6.07, 6.45) is 6.06. The lowest BCUT2D eigenvalue weighted by Gasteiger charge is -2.41. The number of rotatable bonds is 5. The highest BCUT2D eigenvalue weighted by Crippen LogP contribution is 2.44. The zero-order valence-corrected chi connectivity index (χ0v) is 32.0. The molecule has 0 bridgehead atoms. The van der Waals surface area contributed by atoms with Crippen molar-refractivity contribution in [2.75, 3.05) is 55.6 Å². The lowest BCUT2D eigenvalue weighted by atomic mass is 9.77. The summed E-state index contributed by atoms with van der Waals surface area (Å²) in [7, 11) is 0. The van der Waals surface area contributed by atoms with Crippen LogP contribution in [-0.4, -0.2) is 102 Å². The Morgan fingerprint density at radius 1 is 0.768 bits per heavy atom. The van der Waals surface area contributed by atoms with E-state index in [-0.39, 0.29) is 24.2 Å². The Labute approximate surface area is 331 Å². The van der Waals surface area contributed by atoms with Crippen LogP contribution < -0.4 is 15.1 Å². The third-order valence-electron chi connectivity index (χ3n) is 13.2. The molecule has 13 heteroatoms. The number of carbonyl (C=O) groups excluding carboxylic acids is 5. The standard InChI is InChI=1S/C43H44ClN7O5/c1-45-36-7-6-32(24-35(36)44)50-21-15-43(26-50)13-19-47(20-14-43)30-4-2-27(3-5-30)40(54)48-17-11-31(12-18-48)49-16-10-28-22-33-34(23-29(28)25-49)42(56)51(41(33)55)37-8-9-38(52)46-39(37)53/h2-7,22-24,31,37H,8-21,25-26H2,(H,46,52,53). The molecule has 6 heterocycles. The van der Waals surface area contributed by atoms with Crippen molar-refractivity contribution in [1.29, 1.82) is 0 Å². The topological polar surface area (TPSA) is 118 Å². The quantitative estimate of drug-likeness (QED) is 0.269.